The van der Waals surface area contributed by atoms with Crippen LogP contribution in [0.5, 0.6) is 0 Å². The highest BCUT2D eigenvalue weighted by Gasteiger charge is 2.18. The van der Waals surface area contributed by atoms with Gasteiger partial charge in [0.2, 0.25) is 0 Å². The van der Waals surface area contributed by atoms with Crippen LogP contribution in [0, 0.1) is 0 Å². The number of aryl methyl sites for hydroxylation is 1. The van der Waals surface area contributed by atoms with Gasteiger partial charge in [0.05, 0.1) is 17.9 Å². The lowest BCUT2D eigenvalue weighted by molar-refractivity contribution is 0.104. The molecule has 6 heteroatoms. The summed E-state index contributed by atoms with van der Waals surface area (Å²) >= 11 is 0. The molecule has 0 bridgehead atoms. The summed E-state index contributed by atoms with van der Waals surface area (Å²) < 4.78 is 6.76. The quantitative estimate of drug-likeness (QED) is 0.719. The minimum Gasteiger partial charge on any atom is -0.393 e. The van der Waals surface area contributed by atoms with Gasteiger partial charge in [-0.2, -0.15) is 0 Å². The fraction of sp³-hybridized carbons (Fsp3) is 0.700. The molecule has 0 saturated carbocycles. The first kappa shape index (κ1) is 12.8. The van der Waals surface area contributed by atoms with Gasteiger partial charge in [0.15, 0.2) is 12.0 Å². The molecule has 90 valence electrons. The van der Waals surface area contributed by atoms with Crippen LogP contribution in [0.1, 0.15) is 42.6 Å². The van der Waals surface area contributed by atoms with Crippen LogP contribution in [0.3, 0.4) is 0 Å². The van der Waals surface area contributed by atoms with Crippen LogP contribution in [0.2, 0.25) is 0 Å². The second kappa shape index (κ2) is 5.72. The van der Waals surface area contributed by atoms with Gasteiger partial charge in [-0.05, 0) is 20.3 Å². The van der Waals surface area contributed by atoms with Crippen LogP contribution in [-0.4, -0.2) is 39.6 Å². The Morgan fingerprint density at radius 1 is 1.56 bits per heavy atom. The minimum absolute atomic E-state index is 0.246. The van der Waals surface area contributed by atoms with Crippen molar-refractivity contribution in [3.05, 3.63) is 11.4 Å². The second-order valence-electron chi connectivity index (χ2n) is 3.72. The Hall–Kier alpha value is -1.27. The fourth-order valence-electron chi connectivity index (χ4n) is 1.42. The lowest BCUT2D eigenvalue weighted by Gasteiger charge is -2.12. The molecule has 0 aliphatic heterocycles. The molecule has 16 heavy (non-hydrogen) atoms. The predicted molar refractivity (Wildman–Crippen MR) is 57.1 cm³/mol. The first-order valence-electron chi connectivity index (χ1n) is 5.19. The van der Waals surface area contributed by atoms with Gasteiger partial charge in [-0.3, -0.25) is 4.79 Å². The van der Waals surface area contributed by atoms with Crippen LogP contribution >= 0.6 is 0 Å². The Morgan fingerprint density at radius 3 is 2.75 bits per heavy atom. The van der Waals surface area contributed by atoms with Gasteiger partial charge in [0.25, 0.3) is 0 Å². The molecule has 0 aliphatic carbocycles. The van der Waals surface area contributed by atoms with E-state index in [0.29, 0.717) is 30.6 Å². The van der Waals surface area contributed by atoms with E-state index in [1.54, 1.807) is 18.7 Å². The first-order valence-corrected chi connectivity index (χ1v) is 5.19. The molecular formula is C10H17N3O3. The fourth-order valence-corrected chi connectivity index (χ4v) is 1.42. The number of aliphatic hydroxyl groups is 1. The van der Waals surface area contributed by atoms with Crippen molar-refractivity contribution < 1.29 is 14.6 Å². The van der Waals surface area contributed by atoms with E-state index in [-0.39, 0.29) is 6.10 Å². The molecule has 1 aromatic heterocycles. The number of nitrogens with zero attached hydrogens (tertiary/aromatic N) is 3. The molecule has 0 spiro atoms. The van der Waals surface area contributed by atoms with Gasteiger partial charge in [-0.25, -0.2) is 4.68 Å². The molecule has 2 atom stereocenters. The number of hydrogen-bond donors (Lipinski definition) is 1. The van der Waals surface area contributed by atoms with E-state index in [0.717, 1.165) is 0 Å². The van der Waals surface area contributed by atoms with E-state index in [1.165, 1.54) is 0 Å². The number of aldehydes is 1. The van der Waals surface area contributed by atoms with Crippen LogP contribution in [0.15, 0.2) is 0 Å². The molecule has 0 fully saturated rings. The lowest BCUT2D eigenvalue weighted by Crippen LogP contribution is -2.14. The highest BCUT2D eigenvalue weighted by atomic mass is 16.5. The zero-order valence-electron chi connectivity index (χ0n) is 9.75. The third-order valence-electron chi connectivity index (χ3n) is 2.41. The van der Waals surface area contributed by atoms with Crippen molar-refractivity contribution >= 4 is 6.29 Å². The number of carbonyl (C=O) groups is 1. The Balaban J connectivity index is 2.90. The molecule has 2 unspecified atom stereocenters. The highest BCUT2D eigenvalue weighted by molar-refractivity contribution is 5.73. The Kier molecular flexibility index (Phi) is 4.57. The van der Waals surface area contributed by atoms with E-state index in [1.807, 2.05) is 6.92 Å². The largest absolute Gasteiger partial charge is 0.393 e. The Morgan fingerprint density at radius 2 is 2.25 bits per heavy atom. The summed E-state index contributed by atoms with van der Waals surface area (Å²) in [6.45, 7) is 4.04. The number of aromatic nitrogens is 3. The number of carbonyl (C=O) groups excluding carboxylic acids is 1. The summed E-state index contributed by atoms with van der Waals surface area (Å²) in [5.41, 5.74) is 0.943. The van der Waals surface area contributed by atoms with Crippen molar-refractivity contribution in [1.82, 2.24) is 15.0 Å². The molecular weight excluding hydrogens is 210 g/mol. The van der Waals surface area contributed by atoms with Crippen molar-refractivity contribution in [3.63, 3.8) is 0 Å². The Bertz CT molecular complexity index is 349. The predicted octanol–water partition coefficient (Wildman–Crippen LogP) is 0.569. The highest BCUT2D eigenvalue weighted by Crippen LogP contribution is 2.18. The van der Waals surface area contributed by atoms with E-state index in [2.05, 4.69) is 10.3 Å². The number of hydrogen-bond acceptors (Lipinski definition) is 5. The maximum absolute atomic E-state index is 10.8. The average molecular weight is 227 g/mol. The summed E-state index contributed by atoms with van der Waals surface area (Å²) in [5, 5.41) is 16.8. The molecule has 1 aromatic rings. The number of methoxy groups -OCH3 is 1. The summed E-state index contributed by atoms with van der Waals surface area (Å²) in [6.07, 6.45) is 0.570. The van der Waals surface area contributed by atoms with E-state index >= 15 is 0 Å². The van der Waals surface area contributed by atoms with Crippen molar-refractivity contribution in [2.75, 3.05) is 7.11 Å². The molecule has 1 heterocycles. The van der Waals surface area contributed by atoms with Gasteiger partial charge >= 0.3 is 0 Å². The van der Waals surface area contributed by atoms with Crippen LogP contribution in [0.4, 0.5) is 0 Å². The maximum atomic E-state index is 10.8. The van der Waals surface area contributed by atoms with Gasteiger partial charge in [-0.1, -0.05) is 5.21 Å². The Labute approximate surface area is 94.2 Å². The lowest BCUT2D eigenvalue weighted by atomic mass is 10.2. The van der Waals surface area contributed by atoms with Gasteiger partial charge < -0.3 is 9.84 Å². The monoisotopic (exact) mass is 227 g/mol. The zero-order valence-corrected chi connectivity index (χ0v) is 9.75. The van der Waals surface area contributed by atoms with Crippen LogP contribution in [-0.2, 0) is 11.3 Å². The topological polar surface area (TPSA) is 77.2 Å². The number of aliphatic hydroxyl groups excluding tert-OH is 1. The zero-order chi connectivity index (χ0) is 12.1. The third-order valence-corrected chi connectivity index (χ3v) is 2.41. The maximum Gasteiger partial charge on any atom is 0.172 e. The SMILES string of the molecule is COC(C)c1c(C=O)nnn1CCC(C)O. The van der Waals surface area contributed by atoms with Gasteiger partial charge in [0.1, 0.15) is 0 Å². The smallest absolute Gasteiger partial charge is 0.172 e. The third kappa shape index (κ3) is 2.86. The van der Waals surface area contributed by atoms with Crippen molar-refractivity contribution in [3.8, 4) is 0 Å². The van der Waals surface area contributed by atoms with Crippen molar-refractivity contribution in [2.24, 2.45) is 0 Å². The van der Waals surface area contributed by atoms with Gasteiger partial charge in [-0.15, -0.1) is 5.10 Å². The molecule has 6 nitrogen and oxygen atoms in total. The van der Waals surface area contributed by atoms with E-state index < -0.39 is 6.10 Å². The minimum atomic E-state index is -0.408. The molecule has 0 saturated heterocycles. The van der Waals surface area contributed by atoms with Crippen LogP contribution < -0.4 is 0 Å². The van der Waals surface area contributed by atoms with Crippen LogP contribution in [0.25, 0.3) is 0 Å². The van der Waals surface area contributed by atoms with Gasteiger partial charge in [0, 0.05) is 13.7 Å². The normalized spacial score (nSPS) is 14.8. The molecule has 1 rings (SSSR count). The van der Waals surface area contributed by atoms with Crippen molar-refractivity contribution in [2.45, 2.75) is 39.0 Å². The van der Waals surface area contributed by atoms with Crippen molar-refractivity contribution in [1.29, 1.82) is 0 Å². The number of rotatable bonds is 6. The summed E-state index contributed by atoms with van der Waals surface area (Å²) in [6, 6.07) is 0. The summed E-state index contributed by atoms with van der Waals surface area (Å²) in [4.78, 5) is 10.8. The summed E-state index contributed by atoms with van der Waals surface area (Å²) in [7, 11) is 1.56. The molecule has 1 N–H and O–H groups in total. The van der Waals surface area contributed by atoms with E-state index in [9.17, 15) is 9.90 Å². The second-order valence-corrected chi connectivity index (χ2v) is 3.72. The average Bonchev–Trinajstić information content (AvgIpc) is 2.68. The molecule has 0 aromatic carbocycles. The van der Waals surface area contributed by atoms with E-state index in [4.69, 9.17) is 4.74 Å². The summed E-state index contributed by atoms with van der Waals surface area (Å²) in [5.74, 6) is 0. The molecule has 0 radical (unpaired) electrons. The standard InChI is InChI=1S/C10H17N3O3/c1-7(15)4-5-13-10(8(2)16-3)9(6-14)11-12-13/h6-8,15H,4-5H2,1-3H3. The first-order chi connectivity index (χ1) is 7.60. The molecule has 0 amide bonds. The number of ether oxygens (including phenoxy) is 1. The molecule has 0 aliphatic rings.